The lowest BCUT2D eigenvalue weighted by atomic mass is 10.0. The molecule has 2 atom stereocenters. The Balaban J connectivity index is 2.51. The van der Waals surface area contributed by atoms with Crippen molar-refractivity contribution in [3.05, 3.63) is 29.8 Å². The van der Waals surface area contributed by atoms with E-state index in [1.165, 1.54) is 11.2 Å². The fourth-order valence-corrected chi connectivity index (χ4v) is 3.45. The fraction of sp³-hybridized carbons (Fsp3) is 0.417. The largest absolute Gasteiger partial charge is 0.326 e. The number of nitriles is 1. The van der Waals surface area contributed by atoms with Crippen molar-refractivity contribution >= 4 is 15.7 Å². The topological polar surface area (TPSA) is 87.2 Å². The van der Waals surface area contributed by atoms with Gasteiger partial charge in [0.2, 0.25) is 0 Å². The standard InChI is InChI=1S/C12H15N3O2S/c1-9(7-13)18(16,17)15-8-11(14)6-10-4-2-3-5-12(10)15/h2-5,9,11H,6,8,14H2,1H3. The number of fused-ring (bicyclic) bond motifs is 1. The Morgan fingerprint density at radius 1 is 1.50 bits per heavy atom. The highest BCUT2D eigenvalue weighted by Crippen LogP contribution is 2.29. The Morgan fingerprint density at radius 3 is 2.83 bits per heavy atom. The van der Waals surface area contributed by atoms with Crippen LogP contribution in [0.2, 0.25) is 0 Å². The van der Waals surface area contributed by atoms with Crippen molar-refractivity contribution in [2.45, 2.75) is 24.6 Å². The summed E-state index contributed by atoms with van der Waals surface area (Å²) in [6.45, 7) is 1.61. The van der Waals surface area contributed by atoms with Crippen LogP contribution in [0.25, 0.3) is 0 Å². The van der Waals surface area contributed by atoms with Crippen molar-refractivity contribution in [3.8, 4) is 6.07 Å². The van der Waals surface area contributed by atoms with Crippen LogP contribution >= 0.6 is 0 Å². The van der Waals surface area contributed by atoms with Crippen molar-refractivity contribution in [3.63, 3.8) is 0 Å². The minimum absolute atomic E-state index is 0.228. The fourth-order valence-electron chi connectivity index (χ4n) is 2.08. The molecule has 0 radical (unpaired) electrons. The number of sulfonamides is 1. The second kappa shape index (κ2) is 4.59. The Kier molecular flexibility index (Phi) is 3.28. The summed E-state index contributed by atoms with van der Waals surface area (Å²) in [5.41, 5.74) is 7.44. The number of hydrogen-bond acceptors (Lipinski definition) is 4. The molecule has 1 aromatic rings. The van der Waals surface area contributed by atoms with Gasteiger partial charge in [-0.1, -0.05) is 18.2 Å². The summed E-state index contributed by atoms with van der Waals surface area (Å²) >= 11 is 0. The van der Waals surface area contributed by atoms with Gasteiger partial charge in [0, 0.05) is 12.6 Å². The summed E-state index contributed by atoms with van der Waals surface area (Å²) in [4.78, 5) is 0. The van der Waals surface area contributed by atoms with Gasteiger partial charge in [-0.25, -0.2) is 8.42 Å². The second-order valence-corrected chi connectivity index (χ2v) is 6.62. The molecule has 0 aliphatic carbocycles. The number of nitrogens with zero attached hydrogens (tertiary/aromatic N) is 2. The SMILES string of the molecule is CC(C#N)S(=O)(=O)N1CC(N)Cc2ccccc21. The van der Waals surface area contributed by atoms with Gasteiger partial charge in [0.15, 0.2) is 5.25 Å². The Labute approximate surface area is 107 Å². The van der Waals surface area contributed by atoms with Gasteiger partial charge in [-0.05, 0) is 25.0 Å². The molecule has 2 N–H and O–H groups in total. The summed E-state index contributed by atoms with van der Waals surface area (Å²) in [5, 5.41) is 7.75. The third-order valence-electron chi connectivity index (χ3n) is 3.08. The summed E-state index contributed by atoms with van der Waals surface area (Å²) in [5.74, 6) is 0. The molecule has 0 bridgehead atoms. The predicted molar refractivity (Wildman–Crippen MR) is 69.5 cm³/mol. The molecule has 1 aliphatic heterocycles. The van der Waals surface area contributed by atoms with E-state index in [0.29, 0.717) is 12.1 Å². The summed E-state index contributed by atoms with van der Waals surface area (Å²) in [6.07, 6.45) is 0.656. The van der Waals surface area contributed by atoms with E-state index in [-0.39, 0.29) is 12.6 Å². The number of benzene rings is 1. The third kappa shape index (κ3) is 2.07. The molecule has 1 aromatic carbocycles. The second-order valence-electron chi connectivity index (χ2n) is 4.44. The smallest absolute Gasteiger partial charge is 0.251 e. The van der Waals surface area contributed by atoms with E-state index in [1.807, 2.05) is 12.1 Å². The van der Waals surface area contributed by atoms with Crippen molar-refractivity contribution in [1.82, 2.24) is 0 Å². The average molecular weight is 265 g/mol. The molecule has 5 nitrogen and oxygen atoms in total. The minimum Gasteiger partial charge on any atom is -0.326 e. The lowest BCUT2D eigenvalue weighted by molar-refractivity contribution is 0.571. The van der Waals surface area contributed by atoms with Crippen LogP contribution in [-0.4, -0.2) is 26.3 Å². The van der Waals surface area contributed by atoms with E-state index >= 15 is 0 Å². The molecule has 1 heterocycles. The number of nitrogens with two attached hydrogens (primary N) is 1. The number of rotatable bonds is 2. The highest BCUT2D eigenvalue weighted by Gasteiger charge is 2.34. The van der Waals surface area contributed by atoms with Gasteiger partial charge in [0.1, 0.15) is 0 Å². The molecule has 0 saturated heterocycles. The summed E-state index contributed by atoms with van der Waals surface area (Å²) < 4.78 is 25.8. The van der Waals surface area contributed by atoms with Gasteiger partial charge in [-0.15, -0.1) is 0 Å². The molecule has 2 unspecified atom stereocenters. The average Bonchev–Trinajstić information content (AvgIpc) is 2.36. The maximum Gasteiger partial charge on any atom is 0.251 e. The van der Waals surface area contributed by atoms with E-state index in [4.69, 9.17) is 11.0 Å². The first-order valence-electron chi connectivity index (χ1n) is 5.71. The van der Waals surface area contributed by atoms with E-state index in [0.717, 1.165) is 5.56 Å². The minimum atomic E-state index is -3.67. The molecular weight excluding hydrogens is 250 g/mol. The monoisotopic (exact) mass is 265 g/mol. The summed E-state index contributed by atoms with van der Waals surface area (Å²) in [7, 11) is -3.67. The first-order valence-corrected chi connectivity index (χ1v) is 7.22. The van der Waals surface area contributed by atoms with Crippen LogP contribution in [0.5, 0.6) is 0 Å². The van der Waals surface area contributed by atoms with Crippen molar-refractivity contribution in [2.24, 2.45) is 5.73 Å². The van der Waals surface area contributed by atoms with Crippen LogP contribution in [0.4, 0.5) is 5.69 Å². The zero-order valence-corrected chi connectivity index (χ0v) is 10.9. The number of anilines is 1. The molecule has 0 fully saturated rings. The predicted octanol–water partition coefficient (Wildman–Crippen LogP) is 0.618. The molecule has 2 rings (SSSR count). The van der Waals surface area contributed by atoms with E-state index in [9.17, 15) is 8.42 Å². The van der Waals surface area contributed by atoms with E-state index in [1.54, 1.807) is 18.2 Å². The van der Waals surface area contributed by atoms with E-state index in [2.05, 4.69) is 0 Å². The first kappa shape index (κ1) is 12.9. The van der Waals surface area contributed by atoms with Crippen LogP contribution < -0.4 is 10.0 Å². The van der Waals surface area contributed by atoms with Crippen LogP contribution in [0.3, 0.4) is 0 Å². The molecule has 0 amide bonds. The lowest BCUT2D eigenvalue weighted by Crippen LogP contribution is -2.48. The van der Waals surface area contributed by atoms with Crippen LogP contribution in [0.15, 0.2) is 24.3 Å². The first-order chi connectivity index (χ1) is 8.46. The highest BCUT2D eigenvalue weighted by molar-refractivity contribution is 7.93. The quantitative estimate of drug-likeness (QED) is 0.849. The molecule has 0 spiro atoms. The highest BCUT2D eigenvalue weighted by atomic mass is 32.2. The number of hydrogen-bond donors (Lipinski definition) is 1. The molecule has 96 valence electrons. The van der Waals surface area contributed by atoms with Gasteiger partial charge in [-0.3, -0.25) is 4.31 Å². The van der Waals surface area contributed by atoms with Crippen molar-refractivity contribution in [1.29, 1.82) is 5.26 Å². The Morgan fingerprint density at radius 2 is 2.17 bits per heavy atom. The van der Waals surface area contributed by atoms with Crippen LogP contribution in [-0.2, 0) is 16.4 Å². The zero-order valence-electron chi connectivity index (χ0n) is 10.1. The van der Waals surface area contributed by atoms with E-state index < -0.39 is 15.3 Å². The normalized spacial score (nSPS) is 20.9. The molecular formula is C12H15N3O2S. The summed E-state index contributed by atoms with van der Waals surface area (Å²) in [6, 6.07) is 8.81. The van der Waals surface area contributed by atoms with Gasteiger partial charge >= 0.3 is 0 Å². The maximum atomic E-state index is 12.3. The lowest BCUT2D eigenvalue weighted by Gasteiger charge is -2.34. The Bertz CT molecular complexity index is 592. The van der Waals surface area contributed by atoms with Crippen molar-refractivity contribution in [2.75, 3.05) is 10.8 Å². The zero-order chi connectivity index (χ0) is 13.3. The molecule has 18 heavy (non-hydrogen) atoms. The molecule has 0 aromatic heterocycles. The van der Waals surface area contributed by atoms with Gasteiger partial charge in [0.05, 0.1) is 11.8 Å². The van der Waals surface area contributed by atoms with Gasteiger partial charge < -0.3 is 5.73 Å². The van der Waals surface area contributed by atoms with Gasteiger partial charge in [-0.2, -0.15) is 5.26 Å². The van der Waals surface area contributed by atoms with Gasteiger partial charge in [0.25, 0.3) is 10.0 Å². The molecule has 6 heteroatoms. The van der Waals surface area contributed by atoms with Crippen molar-refractivity contribution < 1.29 is 8.42 Å². The molecule has 0 saturated carbocycles. The number of para-hydroxylation sites is 1. The maximum absolute atomic E-state index is 12.3. The molecule has 1 aliphatic rings. The third-order valence-corrected chi connectivity index (χ3v) is 5.04. The van der Waals surface area contributed by atoms with Crippen LogP contribution in [0.1, 0.15) is 12.5 Å². The Hall–Kier alpha value is -1.58. The van der Waals surface area contributed by atoms with Crippen LogP contribution in [0, 0.1) is 11.3 Å².